The highest BCUT2D eigenvalue weighted by molar-refractivity contribution is 7.47. The van der Waals surface area contributed by atoms with Gasteiger partial charge in [-0.15, -0.1) is 0 Å². The predicted molar refractivity (Wildman–Crippen MR) is 369 cm³/mol. The van der Waals surface area contributed by atoms with Crippen LogP contribution in [-0.4, -0.2) is 73.4 Å². The van der Waals surface area contributed by atoms with Gasteiger partial charge in [0.15, 0.2) is 0 Å². The third-order valence-electron chi connectivity index (χ3n) is 17.3. The van der Waals surface area contributed by atoms with Gasteiger partial charge in [0.1, 0.15) is 13.2 Å². The zero-order valence-electron chi connectivity index (χ0n) is 57.2. The minimum Gasteiger partial charge on any atom is -0.387 e. The Morgan fingerprint density at radius 3 is 0.952 bits per heavy atom. The van der Waals surface area contributed by atoms with E-state index in [4.69, 9.17) is 9.05 Å². The van der Waals surface area contributed by atoms with E-state index >= 15 is 0 Å². The Labute approximate surface area is 525 Å². The normalized spacial score (nSPS) is 13.8. The highest BCUT2D eigenvalue weighted by Crippen LogP contribution is 2.43. The lowest BCUT2D eigenvalue weighted by Gasteiger charge is -2.25. The number of likely N-dealkylation sites (N-methyl/N-ethyl adjacent to an activating group) is 1. The number of unbranched alkanes of at least 4 members (excludes halogenated alkanes) is 53. The number of amides is 1. The summed E-state index contributed by atoms with van der Waals surface area (Å²) in [6, 6.07) is -0.863. The zero-order chi connectivity index (χ0) is 61.2. The van der Waals surface area contributed by atoms with Crippen molar-refractivity contribution in [2.45, 2.75) is 398 Å². The summed E-state index contributed by atoms with van der Waals surface area (Å²) in [7, 11) is 1.57. The van der Waals surface area contributed by atoms with Gasteiger partial charge >= 0.3 is 7.82 Å². The van der Waals surface area contributed by atoms with Crippen LogP contribution in [0.15, 0.2) is 36.5 Å². The van der Waals surface area contributed by atoms with Crippen LogP contribution in [0.4, 0.5) is 0 Å². The smallest absolute Gasteiger partial charge is 0.387 e. The first kappa shape index (κ1) is 82.7. The third kappa shape index (κ3) is 68.2. The second-order valence-corrected chi connectivity index (χ2v) is 28.5. The molecule has 8 nitrogen and oxygen atoms in total. The maximum Gasteiger partial charge on any atom is 0.472 e. The summed E-state index contributed by atoms with van der Waals surface area (Å²) in [5, 5.41) is 14.0. The first-order valence-electron chi connectivity index (χ1n) is 37.4. The molecule has 3 N–H and O–H groups in total. The standard InChI is InChI=1S/C75H147N2O6P/c1-6-8-10-12-14-16-18-20-22-24-26-28-30-32-34-35-36-37-38-39-40-41-43-45-47-49-51-53-55-57-59-61-63-65-67-69-75(79)76-73(72-83-84(80,81)82-71-70-77(3,4)5)74(78)68-66-64-62-60-58-56-54-52-50-48-46-44-42-33-31-29-27-25-23-21-19-17-15-13-11-9-7-2/h24,26,58,60,66,68,73-74,78H,6-23,25,27-57,59,61-65,67,69-72H2,1-5H3,(H-,76,79,80,81)/p+1/b26-24-,60-58+,68-66+. The number of carbonyl (C=O) groups excluding carboxylic acids is 1. The summed E-state index contributed by atoms with van der Waals surface area (Å²) >= 11 is 0. The monoisotopic (exact) mass is 1200 g/mol. The molecule has 0 fully saturated rings. The number of hydrogen-bond donors (Lipinski definition) is 3. The first-order valence-corrected chi connectivity index (χ1v) is 38.9. The molecule has 0 aromatic rings. The van der Waals surface area contributed by atoms with Crippen molar-refractivity contribution in [2.75, 3.05) is 40.9 Å². The highest BCUT2D eigenvalue weighted by atomic mass is 31.2. The predicted octanol–water partition coefficient (Wildman–Crippen LogP) is 24.0. The fourth-order valence-electron chi connectivity index (χ4n) is 11.5. The Morgan fingerprint density at radius 2 is 0.655 bits per heavy atom. The third-order valence-corrected chi connectivity index (χ3v) is 18.3. The van der Waals surface area contributed by atoms with Gasteiger partial charge < -0.3 is 19.8 Å². The summed E-state index contributed by atoms with van der Waals surface area (Å²) in [5.41, 5.74) is 0. The molecule has 3 unspecified atom stereocenters. The number of aliphatic hydroxyl groups is 1. The molecule has 0 aromatic heterocycles. The summed E-state index contributed by atoms with van der Waals surface area (Å²) in [4.78, 5) is 23.4. The Kier molecular flexibility index (Phi) is 65.1. The lowest BCUT2D eigenvalue weighted by Crippen LogP contribution is -2.45. The lowest BCUT2D eigenvalue weighted by molar-refractivity contribution is -0.870. The number of hydrogen-bond acceptors (Lipinski definition) is 5. The summed E-state index contributed by atoms with van der Waals surface area (Å²) in [6.45, 7) is 4.86. The second-order valence-electron chi connectivity index (χ2n) is 27.0. The second kappa shape index (κ2) is 66.1. The molecule has 0 aromatic carbocycles. The molecule has 0 heterocycles. The van der Waals surface area contributed by atoms with Crippen molar-refractivity contribution in [3.63, 3.8) is 0 Å². The van der Waals surface area contributed by atoms with Crippen LogP contribution < -0.4 is 5.32 Å². The fourth-order valence-corrected chi connectivity index (χ4v) is 12.3. The van der Waals surface area contributed by atoms with Gasteiger partial charge in [-0.1, -0.05) is 359 Å². The molecule has 0 saturated carbocycles. The average molecular weight is 1200 g/mol. The van der Waals surface area contributed by atoms with Crippen molar-refractivity contribution in [3.05, 3.63) is 36.5 Å². The zero-order valence-corrected chi connectivity index (χ0v) is 58.1. The van der Waals surface area contributed by atoms with Gasteiger partial charge in [0.25, 0.3) is 0 Å². The van der Waals surface area contributed by atoms with E-state index in [-0.39, 0.29) is 19.1 Å². The molecule has 0 saturated heterocycles. The van der Waals surface area contributed by atoms with Crippen LogP contribution in [0.1, 0.15) is 386 Å². The maximum absolute atomic E-state index is 13.1. The van der Waals surface area contributed by atoms with Crippen molar-refractivity contribution >= 4 is 13.7 Å². The summed E-state index contributed by atoms with van der Waals surface area (Å²) in [6.07, 6.45) is 89.0. The number of nitrogens with one attached hydrogen (secondary N) is 1. The van der Waals surface area contributed by atoms with Crippen LogP contribution in [0, 0.1) is 0 Å². The van der Waals surface area contributed by atoms with Crippen molar-refractivity contribution in [1.82, 2.24) is 5.32 Å². The number of quaternary nitrogens is 1. The molecule has 0 radical (unpaired) electrons. The molecule has 0 spiro atoms. The van der Waals surface area contributed by atoms with E-state index < -0.39 is 20.0 Å². The molecule has 84 heavy (non-hydrogen) atoms. The van der Waals surface area contributed by atoms with Crippen LogP contribution in [0.2, 0.25) is 0 Å². The molecule has 0 aliphatic heterocycles. The molecule has 3 atom stereocenters. The Bertz CT molecular complexity index is 1460. The maximum atomic E-state index is 13.1. The van der Waals surface area contributed by atoms with Crippen molar-refractivity contribution in [3.8, 4) is 0 Å². The van der Waals surface area contributed by atoms with Crippen LogP contribution in [-0.2, 0) is 18.4 Å². The number of carbonyl (C=O) groups is 1. The van der Waals surface area contributed by atoms with Crippen LogP contribution in [0.3, 0.4) is 0 Å². The fraction of sp³-hybridized carbons (Fsp3) is 0.907. The minimum absolute atomic E-state index is 0.0583. The van der Waals surface area contributed by atoms with Crippen LogP contribution >= 0.6 is 7.82 Å². The molecule has 498 valence electrons. The van der Waals surface area contributed by atoms with E-state index in [2.05, 4.69) is 43.5 Å². The van der Waals surface area contributed by atoms with Gasteiger partial charge in [-0.2, -0.15) is 0 Å². The van der Waals surface area contributed by atoms with E-state index in [1.165, 1.54) is 327 Å². The first-order chi connectivity index (χ1) is 41.0. The Balaban J connectivity index is 4.01. The quantitative estimate of drug-likeness (QED) is 0.0243. The topological polar surface area (TPSA) is 105 Å². The van der Waals surface area contributed by atoms with E-state index in [0.29, 0.717) is 17.4 Å². The SMILES string of the molecule is CCCCCCCCCC/C=C\CCCCCCCCCCCCCCCCCCCCCCCCCC(=O)NC(COP(=O)(O)OCC[N+](C)(C)C)C(O)/C=C/CC/C=C/CCCCCCCCCCCCCCCCCCCCCCC. The van der Waals surface area contributed by atoms with Crippen LogP contribution in [0.5, 0.6) is 0 Å². The van der Waals surface area contributed by atoms with Crippen molar-refractivity contribution < 1.29 is 32.9 Å². The summed E-state index contributed by atoms with van der Waals surface area (Å²) in [5.74, 6) is -0.178. The Hall–Kier alpha value is -1.28. The van der Waals surface area contributed by atoms with Crippen molar-refractivity contribution in [1.29, 1.82) is 0 Å². The summed E-state index contributed by atoms with van der Waals surface area (Å²) < 4.78 is 23.8. The number of rotatable bonds is 70. The number of nitrogens with zero attached hydrogens (tertiary/aromatic N) is 1. The number of allylic oxidation sites excluding steroid dienone is 5. The average Bonchev–Trinajstić information content (AvgIpc) is 3.56. The number of phosphoric ester groups is 1. The molecule has 0 aliphatic rings. The molecule has 9 heteroatoms. The van der Waals surface area contributed by atoms with E-state index in [9.17, 15) is 19.4 Å². The molecule has 0 bridgehead atoms. The number of phosphoric acid groups is 1. The van der Waals surface area contributed by atoms with Crippen LogP contribution in [0.25, 0.3) is 0 Å². The molecule has 0 aliphatic carbocycles. The van der Waals surface area contributed by atoms with Crippen molar-refractivity contribution in [2.24, 2.45) is 0 Å². The van der Waals surface area contributed by atoms with E-state index in [1.807, 2.05) is 27.2 Å². The van der Waals surface area contributed by atoms with Gasteiger partial charge in [0.2, 0.25) is 5.91 Å². The van der Waals surface area contributed by atoms with Gasteiger partial charge in [-0.05, 0) is 57.8 Å². The molecule has 1 amide bonds. The largest absolute Gasteiger partial charge is 0.472 e. The number of aliphatic hydroxyl groups excluding tert-OH is 1. The van der Waals surface area contributed by atoms with E-state index in [1.54, 1.807) is 6.08 Å². The lowest BCUT2D eigenvalue weighted by atomic mass is 10.0. The minimum atomic E-state index is -4.36. The van der Waals surface area contributed by atoms with Gasteiger partial charge in [0.05, 0.1) is 39.9 Å². The Morgan fingerprint density at radius 1 is 0.393 bits per heavy atom. The highest BCUT2D eigenvalue weighted by Gasteiger charge is 2.28. The van der Waals surface area contributed by atoms with Gasteiger partial charge in [0, 0.05) is 6.42 Å². The molecular formula is C75H148N2O6P+. The van der Waals surface area contributed by atoms with Gasteiger partial charge in [-0.3, -0.25) is 13.8 Å². The van der Waals surface area contributed by atoms with E-state index in [0.717, 1.165) is 38.5 Å². The molecular weight excluding hydrogens is 1060 g/mol. The van der Waals surface area contributed by atoms with Gasteiger partial charge in [-0.25, -0.2) is 4.57 Å². The molecule has 0 rings (SSSR count).